The molecular formula is C22H20N2O5. The number of benzene rings is 2. The molecule has 2 aromatic carbocycles. The number of hydrogen-bond donors (Lipinski definition) is 0. The lowest BCUT2D eigenvalue weighted by atomic mass is 10.1. The molecule has 3 aromatic rings. The molecule has 0 unspecified atom stereocenters. The zero-order valence-corrected chi connectivity index (χ0v) is 16.3. The van der Waals surface area contributed by atoms with Crippen LogP contribution in [-0.4, -0.2) is 27.3 Å². The van der Waals surface area contributed by atoms with Gasteiger partial charge in [0.1, 0.15) is 0 Å². The quantitative estimate of drug-likeness (QED) is 0.268. The van der Waals surface area contributed by atoms with Crippen LogP contribution in [-0.2, 0) is 4.74 Å². The summed E-state index contributed by atoms with van der Waals surface area (Å²) in [5, 5.41) is 10.9. The Morgan fingerprint density at radius 3 is 2.38 bits per heavy atom. The highest BCUT2D eigenvalue weighted by molar-refractivity contribution is 6.02. The lowest BCUT2D eigenvalue weighted by Gasteiger charge is -2.13. The van der Waals surface area contributed by atoms with Crippen molar-refractivity contribution in [3.8, 4) is 5.69 Å². The smallest absolute Gasteiger partial charge is 0.339 e. The van der Waals surface area contributed by atoms with Gasteiger partial charge in [-0.15, -0.1) is 0 Å². The second kappa shape index (κ2) is 8.10. The topological polar surface area (TPSA) is 91.4 Å². The number of carbonyl (C=O) groups is 2. The van der Waals surface area contributed by atoms with Gasteiger partial charge in [0.05, 0.1) is 10.5 Å². The van der Waals surface area contributed by atoms with Crippen LogP contribution in [0.3, 0.4) is 0 Å². The number of aryl methyl sites for hydroxylation is 1. The van der Waals surface area contributed by atoms with Crippen molar-refractivity contribution in [3.63, 3.8) is 0 Å². The molecule has 29 heavy (non-hydrogen) atoms. The molecule has 7 nitrogen and oxygen atoms in total. The van der Waals surface area contributed by atoms with E-state index in [4.69, 9.17) is 4.74 Å². The van der Waals surface area contributed by atoms with Crippen molar-refractivity contribution in [1.29, 1.82) is 0 Å². The van der Waals surface area contributed by atoms with Gasteiger partial charge < -0.3 is 9.30 Å². The molecule has 0 spiro atoms. The van der Waals surface area contributed by atoms with E-state index in [1.165, 1.54) is 25.1 Å². The normalized spacial score (nSPS) is 11.7. The fourth-order valence-electron chi connectivity index (χ4n) is 3.23. The molecule has 0 fully saturated rings. The van der Waals surface area contributed by atoms with Crippen molar-refractivity contribution in [2.45, 2.75) is 26.9 Å². The zero-order chi connectivity index (χ0) is 21.1. The summed E-state index contributed by atoms with van der Waals surface area (Å²) in [5.41, 5.74) is 2.83. The van der Waals surface area contributed by atoms with Gasteiger partial charge in [0.2, 0.25) is 5.78 Å². The van der Waals surface area contributed by atoms with Gasteiger partial charge >= 0.3 is 5.97 Å². The fraction of sp³-hybridized carbons (Fsp3) is 0.182. The molecule has 3 rings (SSSR count). The largest absolute Gasteiger partial charge is 0.451 e. The Kier molecular flexibility index (Phi) is 5.59. The maximum Gasteiger partial charge on any atom is 0.339 e. The number of nitro benzene ring substituents is 1. The lowest BCUT2D eigenvalue weighted by Crippen LogP contribution is -2.25. The molecule has 0 N–H and O–H groups in total. The number of hydrogen-bond acceptors (Lipinski definition) is 5. The molecule has 0 aliphatic carbocycles. The van der Waals surface area contributed by atoms with E-state index >= 15 is 0 Å². The number of Topliss-reactive ketones (excluding diaryl/α,β-unsaturated/α-hetero) is 1. The molecule has 0 bridgehead atoms. The summed E-state index contributed by atoms with van der Waals surface area (Å²) in [5.74, 6) is -1.12. The van der Waals surface area contributed by atoms with Crippen LogP contribution in [0.1, 0.15) is 39.0 Å². The molecule has 148 valence electrons. The number of nitro groups is 1. The highest BCUT2D eigenvalue weighted by Crippen LogP contribution is 2.23. The summed E-state index contributed by atoms with van der Waals surface area (Å²) in [6.45, 7) is 5.23. The molecule has 1 heterocycles. The summed E-state index contributed by atoms with van der Waals surface area (Å²) in [6.07, 6.45) is -1.04. The first-order valence-corrected chi connectivity index (χ1v) is 9.03. The number of para-hydroxylation sites is 1. The Bertz CT molecular complexity index is 1090. The number of non-ortho nitro benzene ring substituents is 1. The minimum Gasteiger partial charge on any atom is -0.451 e. The molecule has 1 atom stereocenters. The van der Waals surface area contributed by atoms with Gasteiger partial charge in [0.25, 0.3) is 5.69 Å². The monoisotopic (exact) mass is 392 g/mol. The Morgan fingerprint density at radius 2 is 1.72 bits per heavy atom. The average molecular weight is 392 g/mol. The summed E-state index contributed by atoms with van der Waals surface area (Å²) in [7, 11) is 0. The number of nitrogens with zero attached hydrogens (tertiary/aromatic N) is 2. The Hall–Kier alpha value is -3.74. The van der Waals surface area contributed by atoms with Crippen molar-refractivity contribution < 1.29 is 19.2 Å². The Balaban J connectivity index is 1.81. The van der Waals surface area contributed by atoms with Crippen LogP contribution < -0.4 is 0 Å². The second-order valence-electron chi connectivity index (χ2n) is 6.67. The minimum absolute atomic E-state index is 0.0219. The summed E-state index contributed by atoms with van der Waals surface area (Å²) in [4.78, 5) is 35.5. The van der Waals surface area contributed by atoms with E-state index in [0.29, 0.717) is 5.56 Å². The first kappa shape index (κ1) is 20.0. The van der Waals surface area contributed by atoms with E-state index in [1.807, 2.05) is 48.7 Å². The fourth-order valence-corrected chi connectivity index (χ4v) is 3.23. The van der Waals surface area contributed by atoms with Gasteiger partial charge in [-0.25, -0.2) is 4.79 Å². The van der Waals surface area contributed by atoms with E-state index in [9.17, 15) is 19.7 Å². The molecular weight excluding hydrogens is 372 g/mol. The van der Waals surface area contributed by atoms with Gasteiger partial charge in [0, 0.05) is 34.8 Å². The van der Waals surface area contributed by atoms with Crippen LogP contribution >= 0.6 is 0 Å². The van der Waals surface area contributed by atoms with Crippen molar-refractivity contribution in [2.75, 3.05) is 0 Å². The molecule has 0 radical (unpaired) electrons. The summed E-state index contributed by atoms with van der Waals surface area (Å²) < 4.78 is 7.24. The number of esters is 1. The Labute approximate surface area is 167 Å². The number of ether oxygens (including phenoxy) is 1. The summed E-state index contributed by atoms with van der Waals surface area (Å²) in [6, 6.07) is 16.6. The van der Waals surface area contributed by atoms with Crippen LogP contribution in [0.15, 0.2) is 60.7 Å². The molecule has 0 saturated heterocycles. The molecule has 0 aliphatic rings. The number of rotatable bonds is 6. The number of aromatic nitrogens is 1. The third-order valence-corrected chi connectivity index (χ3v) is 4.66. The van der Waals surface area contributed by atoms with Crippen LogP contribution in [0.2, 0.25) is 0 Å². The van der Waals surface area contributed by atoms with Crippen molar-refractivity contribution in [1.82, 2.24) is 4.57 Å². The third kappa shape index (κ3) is 4.08. The summed E-state index contributed by atoms with van der Waals surface area (Å²) >= 11 is 0. The first-order chi connectivity index (χ1) is 13.8. The third-order valence-electron chi connectivity index (χ3n) is 4.66. The van der Waals surface area contributed by atoms with Crippen LogP contribution in [0.5, 0.6) is 0 Å². The van der Waals surface area contributed by atoms with Gasteiger partial charge in [-0.1, -0.05) is 24.3 Å². The molecule has 7 heteroatoms. The molecule has 0 saturated carbocycles. The average Bonchev–Trinajstić information content (AvgIpc) is 3.02. The van der Waals surface area contributed by atoms with Crippen molar-refractivity contribution in [2.24, 2.45) is 0 Å². The molecule has 0 aliphatic heterocycles. The maximum atomic E-state index is 12.9. The molecule has 0 amide bonds. The maximum absolute atomic E-state index is 12.9. The van der Waals surface area contributed by atoms with E-state index in [2.05, 4.69) is 0 Å². The van der Waals surface area contributed by atoms with Gasteiger partial charge in [-0.05, 0) is 45.0 Å². The van der Waals surface area contributed by atoms with E-state index < -0.39 is 17.0 Å². The second-order valence-corrected chi connectivity index (χ2v) is 6.67. The minimum atomic E-state index is -1.04. The van der Waals surface area contributed by atoms with Crippen molar-refractivity contribution >= 4 is 17.4 Å². The highest BCUT2D eigenvalue weighted by Gasteiger charge is 2.25. The highest BCUT2D eigenvalue weighted by atomic mass is 16.6. The standard InChI is InChI=1S/C22H20N2O5/c1-14-12-20(15(2)23(14)18-9-5-4-6-10-18)21(25)16(3)29-22(26)17-8-7-11-19(13-17)24(27)28/h4-13,16H,1-3H3/t16-/m1/s1. The van der Waals surface area contributed by atoms with Gasteiger partial charge in [0.15, 0.2) is 6.10 Å². The SMILES string of the molecule is Cc1cc(C(=O)[C@@H](C)OC(=O)c2cccc([N+](=O)[O-])c2)c(C)n1-c1ccccc1. The number of ketones is 1. The zero-order valence-electron chi connectivity index (χ0n) is 16.3. The van der Waals surface area contributed by atoms with Crippen LogP contribution in [0.4, 0.5) is 5.69 Å². The predicted molar refractivity (Wildman–Crippen MR) is 108 cm³/mol. The van der Waals surface area contributed by atoms with Gasteiger partial charge in [-0.3, -0.25) is 14.9 Å². The van der Waals surface area contributed by atoms with Crippen LogP contribution in [0.25, 0.3) is 5.69 Å². The van der Waals surface area contributed by atoms with Crippen LogP contribution in [0, 0.1) is 24.0 Å². The van der Waals surface area contributed by atoms with Crippen molar-refractivity contribution in [3.05, 3.63) is 93.3 Å². The van der Waals surface area contributed by atoms with E-state index in [-0.39, 0.29) is 17.0 Å². The van der Waals surface area contributed by atoms with Gasteiger partial charge in [-0.2, -0.15) is 0 Å². The predicted octanol–water partition coefficient (Wildman–Crippen LogP) is 4.43. The lowest BCUT2D eigenvalue weighted by molar-refractivity contribution is -0.384. The first-order valence-electron chi connectivity index (χ1n) is 9.03. The van der Waals surface area contributed by atoms with E-state index in [1.54, 1.807) is 6.07 Å². The molecule has 1 aromatic heterocycles. The number of carbonyl (C=O) groups excluding carboxylic acids is 2. The van der Waals surface area contributed by atoms with E-state index in [0.717, 1.165) is 23.1 Å². The Morgan fingerprint density at radius 1 is 1.03 bits per heavy atom.